The van der Waals surface area contributed by atoms with Crippen molar-refractivity contribution in [2.24, 2.45) is 35.0 Å². The average Bonchev–Trinajstić information content (AvgIpc) is 3.39. The quantitative estimate of drug-likeness (QED) is 0.219. The number of aliphatic hydroxyl groups excluding tert-OH is 3. The van der Waals surface area contributed by atoms with Crippen LogP contribution in [0, 0.1) is 35.0 Å². The predicted octanol–water partition coefficient (Wildman–Crippen LogP) is 6.44. The molecule has 0 unspecified atom stereocenters. The van der Waals surface area contributed by atoms with Crippen molar-refractivity contribution in [3.05, 3.63) is 47.6 Å². The van der Waals surface area contributed by atoms with E-state index in [1.807, 2.05) is 0 Å². The molecule has 4 aliphatic rings. The van der Waals surface area contributed by atoms with Crippen LogP contribution in [0.2, 0.25) is 0 Å². The number of hydrogen-bond acceptors (Lipinski definition) is 5. The number of allylic oxidation sites excluding steroid dienone is 3. The monoisotopic (exact) mass is 540 g/mol. The van der Waals surface area contributed by atoms with Crippen LogP contribution in [0.25, 0.3) is 0 Å². The fourth-order valence-electron chi connectivity index (χ4n) is 8.64. The lowest BCUT2D eigenvalue weighted by Gasteiger charge is -2.45. The Hall–Kier alpha value is -1.69. The van der Waals surface area contributed by atoms with Crippen LogP contribution in [-0.4, -0.2) is 46.2 Å². The molecule has 3 N–H and O–H groups in total. The summed E-state index contributed by atoms with van der Waals surface area (Å²) in [7, 11) is 0. The fourth-order valence-corrected chi connectivity index (χ4v) is 8.64. The third-order valence-electron chi connectivity index (χ3n) is 10.9. The number of carbonyl (C=O) groups excluding carboxylic acids is 1. The van der Waals surface area contributed by atoms with Gasteiger partial charge < -0.3 is 20.1 Å². The van der Waals surface area contributed by atoms with Crippen molar-refractivity contribution in [3.63, 3.8) is 0 Å². The van der Waals surface area contributed by atoms with Crippen LogP contribution >= 0.6 is 0 Å². The molecule has 0 radical (unpaired) electrons. The zero-order valence-corrected chi connectivity index (χ0v) is 24.5. The van der Waals surface area contributed by atoms with Crippen LogP contribution in [0.5, 0.6) is 0 Å². The fraction of sp³-hybridized carbons (Fsp3) is 0.735. The van der Waals surface area contributed by atoms with Gasteiger partial charge in [0.1, 0.15) is 6.10 Å². The molecule has 0 aromatic carbocycles. The minimum Gasteiger partial charge on any atom is -0.458 e. The molecule has 3 saturated carbocycles. The highest BCUT2D eigenvalue weighted by atomic mass is 16.6. The van der Waals surface area contributed by atoms with Gasteiger partial charge in [0, 0.05) is 24.0 Å². The molecule has 0 amide bonds. The summed E-state index contributed by atoms with van der Waals surface area (Å²) in [6.45, 7) is 15.3. The van der Waals surface area contributed by atoms with E-state index in [0.29, 0.717) is 48.2 Å². The topological polar surface area (TPSA) is 87.0 Å². The Morgan fingerprint density at radius 3 is 2.62 bits per heavy atom. The van der Waals surface area contributed by atoms with E-state index in [2.05, 4.69) is 46.1 Å². The third kappa shape index (κ3) is 6.16. The number of fused-ring (bicyclic) bond motifs is 1. The minimum absolute atomic E-state index is 0.0334. The first kappa shape index (κ1) is 30.3. The maximum Gasteiger partial charge on any atom is 0.334 e. The molecule has 5 nitrogen and oxygen atoms in total. The molecule has 1 heterocycles. The van der Waals surface area contributed by atoms with E-state index in [0.717, 1.165) is 37.7 Å². The SMILES string of the molecule is C=C1/C(=C\C=C2/CCC[C@]3(C)[C@@H]([C@H](C)C[C@H]4OC(=O)C(=C)[C@H]4CCCC)CC[C@@H]23)C[C@@H](O)[C@H](CCCO)[C@@H]1O. The number of rotatable bonds is 10. The summed E-state index contributed by atoms with van der Waals surface area (Å²) >= 11 is 0. The zero-order chi connectivity index (χ0) is 28.3. The summed E-state index contributed by atoms with van der Waals surface area (Å²) in [5.41, 5.74) is 4.05. The van der Waals surface area contributed by atoms with E-state index >= 15 is 0 Å². The van der Waals surface area contributed by atoms with Crippen LogP contribution in [0.3, 0.4) is 0 Å². The smallest absolute Gasteiger partial charge is 0.334 e. The first-order valence-electron chi connectivity index (χ1n) is 15.6. The van der Waals surface area contributed by atoms with E-state index in [-0.39, 0.29) is 35.9 Å². The van der Waals surface area contributed by atoms with Crippen LogP contribution in [0.4, 0.5) is 0 Å². The van der Waals surface area contributed by atoms with Gasteiger partial charge in [-0.3, -0.25) is 0 Å². The van der Waals surface area contributed by atoms with Gasteiger partial charge in [0.15, 0.2) is 0 Å². The van der Waals surface area contributed by atoms with Crippen molar-refractivity contribution in [3.8, 4) is 0 Å². The number of unbranched alkanes of at least 4 members (excludes halogenated alkanes) is 1. The van der Waals surface area contributed by atoms with Gasteiger partial charge in [-0.1, -0.05) is 64.5 Å². The summed E-state index contributed by atoms with van der Waals surface area (Å²) in [5.74, 6) is 1.32. The molecule has 0 spiro atoms. The molecule has 4 fully saturated rings. The van der Waals surface area contributed by atoms with Crippen molar-refractivity contribution in [2.45, 2.75) is 116 Å². The minimum atomic E-state index is -0.764. The van der Waals surface area contributed by atoms with E-state index < -0.39 is 12.2 Å². The lowest BCUT2D eigenvalue weighted by Crippen LogP contribution is -2.38. The van der Waals surface area contributed by atoms with E-state index in [1.54, 1.807) is 0 Å². The van der Waals surface area contributed by atoms with Crippen molar-refractivity contribution in [2.75, 3.05) is 6.61 Å². The molecular formula is C34H52O5. The number of esters is 1. The lowest BCUT2D eigenvalue weighted by atomic mass is 9.60. The zero-order valence-electron chi connectivity index (χ0n) is 24.5. The molecule has 218 valence electrons. The number of hydrogen-bond donors (Lipinski definition) is 3. The molecule has 4 rings (SSSR count). The third-order valence-corrected chi connectivity index (χ3v) is 10.9. The molecule has 1 aliphatic heterocycles. The van der Waals surface area contributed by atoms with Crippen molar-refractivity contribution in [1.82, 2.24) is 0 Å². The first-order valence-corrected chi connectivity index (χ1v) is 15.6. The Morgan fingerprint density at radius 1 is 1.13 bits per heavy atom. The second-order valence-electron chi connectivity index (χ2n) is 13.2. The second kappa shape index (κ2) is 12.9. The van der Waals surface area contributed by atoms with Crippen molar-refractivity contribution in [1.29, 1.82) is 0 Å². The Morgan fingerprint density at radius 2 is 1.90 bits per heavy atom. The van der Waals surface area contributed by atoms with Gasteiger partial charge in [0.25, 0.3) is 0 Å². The molecule has 1 saturated heterocycles. The summed E-state index contributed by atoms with van der Waals surface area (Å²) in [5, 5.41) is 30.7. The predicted molar refractivity (Wildman–Crippen MR) is 156 cm³/mol. The van der Waals surface area contributed by atoms with Gasteiger partial charge in [-0.25, -0.2) is 4.79 Å². The van der Waals surface area contributed by atoms with Gasteiger partial charge in [-0.15, -0.1) is 0 Å². The highest BCUT2D eigenvalue weighted by Gasteiger charge is 2.51. The Balaban J connectivity index is 1.45. The molecular weight excluding hydrogens is 488 g/mol. The molecule has 0 aromatic rings. The largest absolute Gasteiger partial charge is 0.458 e. The number of cyclic esters (lactones) is 1. The molecule has 9 atom stereocenters. The van der Waals surface area contributed by atoms with Gasteiger partial charge in [-0.2, -0.15) is 0 Å². The van der Waals surface area contributed by atoms with E-state index in [9.17, 15) is 20.1 Å². The van der Waals surface area contributed by atoms with Gasteiger partial charge in [0.05, 0.1) is 12.2 Å². The summed E-state index contributed by atoms with van der Waals surface area (Å²) in [6.07, 6.45) is 14.7. The lowest BCUT2D eigenvalue weighted by molar-refractivity contribution is -0.140. The van der Waals surface area contributed by atoms with Gasteiger partial charge in [-0.05, 0) is 98.5 Å². The van der Waals surface area contributed by atoms with E-state index in [4.69, 9.17) is 4.74 Å². The van der Waals surface area contributed by atoms with Gasteiger partial charge in [0.2, 0.25) is 0 Å². The standard InChI is InChI=1S/C34H52O5/c1-6-7-11-26-23(4)33(38)39-31(26)19-21(2)28-15-16-29-24(10-8-17-34(28,29)5)13-14-25-20-30(36)27(12-9-18-35)32(37)22(25)3/h13-14,21,26-32,35-37H,3-4,6-12,15-20H2,1-2,5H3/b24-13+,25-14-/t21-,26-,27+,28-,29+,30-,31-,32-,34-/m1/s1. The summed E-state index contributed by atoms with van der Waals surface area (Å²) in [4.78, 5) is 12.3. The second-order valence-corrected chi connectivity index (χ2v) is 13.2. The van der Waals surface area contributed by atoms with Crippen LogP contribution in [-0.2, 0) is 9.53 Å². The number of ether oxygens (including phenoxy) is 1. The van der Waals surface area contributed by atoms with Crippen molar-refractivity contribution >= 4 is 5.97 Å². The normalized spacial score (nSPS) is 39.8. The summed E-state index contributed by atoms with van der Waals surface area (Å²) < 4.78 is 5.85. The molecule has 3 aliphatic carbocycles. The number of carbonyl (C=O) groups is 1. The van der Waals surface area contributed by atoms with E-state index in [1.165, 1.54) is 31.3 Å². The van der Waals surface area contributed by atoms with Crippen LogP contribution in [0.15, 0.2) is 47.6 Å². The highest BCUT2D eigenvalue weighted by Crippen LogP contribution is 2.60. The van der Waals surface area contributed by atoms with Gasteiger partial charge >= 0.3 is 5.97 Å². The average molecular weight is 541 g/mol. The molecule has 39 heavy (non-hydrogen) atoms. The Labute approximate surface area is 236 Å². The van der Waals surface area contributed by atoms with Crippen LogP contribution in [0.1, 0.15) is 97.8 Å². The molecule has 0 bridgehead atoms. The summed E-state index contributed by atoms with van der Waals surface area (Å²) in [6, 6.07) is 0. The Kier molecular flexibility index (Phi) is 9.99. The molecule has 0 aromatic heterocycles. The van der Waals surface area contributed by atoms with Crippen molar-refractivity contribution < 1.29 is 24.9 Å². The van der Waals surface area contributed by atoms with Crippen LogP contribution < -0.4 is 0 Å². The maximum atomic E-state index is 12.3. The highest BCUT2D eigenvalue weighted by molar-refractivity contribution is 5.90. The Bertz CT molecular complexity index is 978. The number of aliphatic hydroxyl groups is 3. The maximum absolute atomic E-state index is 12.3. The first-order chi connectivity index (χ1) is 18.6. The molecule has 5 heteroatoms.